The first kappa shape index (κ1) is 17.9. The Kier molecular flexibility index (Phi) is 4.95. The number of anilines is 1. The van der Waals surface area contributed by atoms with Crippen LogP contribution >= 0.6 is 11.3 Å². The summed E-state index contributed by atoms with van der Waals surface area (Å²) in [6.07, 6.45) is 0. The second-order valence-electron chi connectivity index (χ2n) is 5.93. The summed E-state index contributed by atoms with van der Waals surface area (Å²) in [6, 6.07) is 14.1. The molecule has 0 aliphatic heterocycles. The lowest BCUT2D eigenvalue weighted by molar-refractivity contribution is -0.117. The lowest BCUT2D eigenvalue weighted by atomic mass is 10.1. The Morgan fingerprint density at radius 1 is 1.15 bits per heavy atom. The Morgan fingerprint density at radius 3 is 2.46 bits per heavy atom. The van der Waals surface area contributed by atoms with Crippen LogP contribution in [0.3, 0.4) is 0 Å². The van der Waals surface area contributed by atoms with Gasteiger partial charge in [-0.3, -0.25) is 9.69 Å². The Hall–Kier alpha value is -2.86. The van der Waals surface area contributed by atoms with Gasteiger partial charge in [-0.25, -0.2) is 4.79 Å². The number of phenolic OH excluding ortho intramolecular Hbond substituents is 1. The highest BCUT2D eigenvalue weighted by Crippen LogP contribution is 2.43. The number of hydrogen-bond acceptors (Lipinski definition) is 5. The van der Waals surface area contributed by atoms with Crippen molar-refractivity contribution in [2.45, 2.75) is 19.9 Å². The van der Waals surface area contributed by atoms with Crippen molar-refractivity contribution in [3.63, 3.8) is 0 Å². The van der Waals surface area contributed by atoms with Crippen LogP contribution in [0.25, 0.3) is 10.1 Å². The van der Waals surface area contributed by atoms with Gasteiger partial charge in [-0.1, -0.05) is 30.3 Å². The fraction of sp³-hybridized carbons (Fsp3) is 0.200. The number of hydrogen-bond donors (Lipinski definition) is 1. The smallest absolute Gasteiger partial charge is 0.341 e. The summed E-state index contributed by atoms with van der Waals surface area (Å²) in [4.78, 5) is 26.6. The number of carbonyl (C=O) groups is 2. The van der Waals surface area contributed by atoms with E-state index in [1.54, 1.807) is 17.0 Å². The summed E-state index contributed by atoms with van der Waals surface area (Å²) in [5.41, 5.74) is 1.30. The lowest BCUT2D eigenvalue weighted by Gasteiger charge is -2.28. The average Bonchev–Trinajstić information content (AvgIpc) is 2.99. The highest BCUT2D eigenvalue weighted by molar-refractivity contribution is 7.23. The molecule has 0 saturated carbocycles. The van der Waals surface area contributed by atoms with Crippen molar-refractivity contribution in [2.24, 2.45) is 0 Å². The van der Waals surface area contributed by atoms with E-state index in [9.17, 15) is 14.7 Å². The highest BCUT2D eigenvalue weighted by Gasteiger charge is 2.29. The first-order chi connectivity index (χ1) is 12.4. The first-order valence-electron chi connectivity index (χ1n) is 8.12. The van der Waals surface area contributed by atoms with Gasteiger partial charge in [0.15, 0.2) is 0 Å². The molecule has 5 nitrogen and oxygen atoms in total. The van der Waals surface area contributed by atoms with Crippen LogP contribution in [0.2, 0.25) is 0 Å². The number of nitrogens with zero attached hydrogens (tertiary/aromatic N) is 1. The summed E-state index contributed by atoms with van der Waals surface area (Å²) in [6.45, 7) is 3.39. The monoisotopic (exact) mass is 369 g/mol. The molecule has 0 radical (unpaired) electrons. The van der Waals surface area contributed by atoms with Gasteiger partial charge in [0.2, 0.25) is 5.91 Å². The van der Waals surface area contributed by atoms with Crippen molar-refractivity contribution >= 4 is 38.3 Å². The highest BCUT2D eigenvalue weighted by atomic mass is 32.1. The number of ether oxygens (including phenoxy) is 1. The summed E-state index contributed by atoms with van der Waals surface area (Å²) in [5.74, 6) is -0.585. The molecule has 6 heteroatoms. The van der Waals surface area contributed by atoms with Crippen molar-refractivity contribution in [3.8, 4) is 5.75 Å². The van der Waals surface area contributed by atoms with Crippen molar-refractivity contribution in [3.05, 3.63) is 59.7 Å². The van der Waals surface area contributed by atoms with Gasteiger partial charge in [-0.2, -0.15) is 0 Å². The number of methoxy groups -OCH3 is 1. The predicted octanol–water partition coefficient (Wildman–Crippen LogP) is 4.51. The van der Waals surface area contributed by atoms with Gasteiger partial charge in [0.1, 0.15) is 16.3 Å². The molecule has 26 heavy (non-hydrogen) atoms. The van der Waals surface area contributed by atoms with E-state index in [0.29, 0.717) is 20.7 Å². The molecule has 2 aromatic carbocycles. The number of aromatic hydroxyl groups is 1. The van der Waals surface area contributed by atoms with E-state index in [4.69, 9.17) is 4.74 Å². The third-order valence-electron chi connectivity index (χ3n) is 4.27. The number of carbonyl (C=O) groups excluding carboxylic acids is 2. The fourth-order valence-electron chi connectivity index (χ4n) is 3.01. The Labute approximate surface area is 155 Å². The third-order valence-corrected chi connectivity index (χ3v) is 5.42. The molecule has 0 aliphatic rings. The molecule has 1 N–H and O–H groups in total. The lowest BCUT2D eigenvalue weighted by Crippen LogP contribution is -2.32. The molecule has 1 aromatic heterocycles. The molecule has 134 valence electrons. The van der Waals surface area contributed by atoms with Gasteiger partial charge >= 0.3 is 5.97 Å². The van der Waals surface area contributed by atoms with Crippen LogP contribution < -0.4 is 4.90 Å². The van der Waals surface area contributed by atoms with Gasteiger partial charge in [0, 0.05) is 17.0 Å². The summed E-state index contributed by atoms with van der Waals surface area (Å²) in [7, 11) is 1.31. The number of benzene rings is 2. The van der Waals surface area contributed by atoms with E-state index in [-0.39, 0.29) is 17.7 Å². The van der Waals surface area contributed by atoms with Crippen molar-refractivity contribution < 1.29 is 19.4 Å². The molecule has 0 fully saturated rings. The van der Waals surface area contributed by atoms with Crippen molar-refractivity contribution in [1.82, 2.24) is 0 Å². The van der Waals surface area contributed by atoms with Crippen molar-refractivity contribution in [2.75, 3.05) is 12.0 Å². The molecule has 1 amide bonds. The van der Waals surface area contributed by atoms with Crippen LogP contribution in [0.5, 0.6) is 5.75 Å². The molecule has 1 unspecified atom stereocenters. The van der Waals surface area contributed by atoms with E-state index < -0.39 is 5.97 Å². The molecular formula is C20H19NO4S. The third kappa shape index (κ3) is 3.15. The second-order valence-corrected chi connectivity index (χ2v) is 6.96. The van der Waals surface area contributed by atoms with Gasteiger partial charge in [-0.05, 0) is 30.7 Å². The second kappa shape index (κ2) is 7.17. The zero-order valence-electron chi connectivity index (χ0n) is 14.7. The Balaban J connectivity index is 2.22. The standard InChI is InChI=1S/C20H19NO4S/c1-12(14-7-5-4-6-8-14)21(13(2)22)19-18(20(24)25-3)16-10-9-15(23)11-17(16)26-19/h4-12,23H,1-3H3. The quantitative estimate of drug-likeness (QED) is 0.687. The molecule has 3 rings (SSSR count). The Bertz CT molecular complexity index is 965. The van der Waals surface area contributed by atoms with E-state index in [0.717, 1.165) is 5.56 Å². The average molecular weight is 369 g/mol. The van der Waals surface area contributed by atoms with Crippen LogP contribution in [0.1, 0.15) is 35.8 Å². The van der Waals surface area contributed by atoms with Crippen LogP contribution in [-0.4, -0.2) is 24.1 Å². The van der Waals surface area contributed by atoms with Gasteiger partial charge < -0.3 is 9.84 Å². The minimum absolute atomic E-state index is 0.104. The maximum absolute atomic E-state index is 12.5. The van der Waals surface area contributed by atoms with Crippen LogP contribution in [0.15, 0.2) is 48.5 Å². The zero-order valence-corrected chi connectivity index (χ0v) is 15.5. The predicted molar refractivity (Wildman–Crippen MR) is 103 cm³/mol. The molecule has 0 bridgehead atoms. The molecule has 1 heterocycles. The van der Waals surface area contributed by atoms with E-state index in [1.807, 2.05) is 37.3 Å². The van der Waals surface area contributed by atoms with Gasteiger partial charge in [-0.15, -0.1) is 11.3 Å². The van der Waals surface area contributed by atoms with Gasteiger partial charge in [0.05, 0.1) is 13.2 Å². The Morgan fingerprint density at radius 2 is 1.85 bits per heavy atom. The van der Waals surface area contributed by atoms with E-state index in [2.05, 4.69) is 0 Å². The maximum atomic E-state index is 12.5. The minimum atomic E-state index is -0.511. The summed E-state index contributed by atoms with van der Waals surface area (Å²) < 4.78 is 5.67. The first-order valence-corrected chi connectivity index (χ1v) is 8.94. The normalized spacial score (nSPS) is 12.0. The number of fused-ring (bicyclic) bond motifs is 1. The molecule has 3 aromatic rings. The van der Waals surface area contributed by atoms with Crippen LogP contribution in [0, 0.1) is 0 Å². The van der Waals surface area contributed by atoms with Gasteiger partial charge in [0.25, 0.3) is 0 Å². The molecule has 0 saturated heterocycles. The van der Waals surface area contributed by atoms with Crippen LogP contribution in [0.4, 0.5) is 5.00 Å². The van der Waals surface area contributed by atoms with Crippen molar-refractivity contribution in [1.29, 1.82) is 0 Å². The van der Waals surface area contributed by atoms with Crippen LogP contribution in [-0.2, 0) is 9.53 Å². The number of rotatable bonds is 4. The largest absolute Gasteiger partial charge is 0.508 e. The number of thiophene rings is 1. The topological polar surface area (TPSA) is 66.8 Å². The summed E-state index contributed by atoms with van der Waals surface area (Å²) in [5, 5.41) is 10.9. The summed E-state index contributed by atoms with van der Waals surface area (Å²) >= 11 is 1.29. The molecular weight excluding hydrogens is 350 g/mol. The maximum Gasteiger partial charge on any atom is 0.341 e. The zero-order chi connectivity index (χ0) is 18.8. The number of amides is 1. The number of esters is 1. The van der Waals surface area contributed by atoms with E-state index in [1.165, 1.54) is 31.4 Å². The molecule has 0 spiro atoms. The molecule has 1 atom stereocenters. The SMILES string of the molecule is COC(=O)c1c(N(C(C)=O)C(C)c2ccccc2)sc2cc(O)ccc12. The number of phenols is 1. The molecule has 0 aliphatic carbocycles. The minimum Gasteiger partial charge on any atom is -0.508 e. The fourth-order valence-corrected chi connectivity index (χ4v) is 4.36. The van der Waals surface area contributed by atoms with E-state index >= 15 is 0 Å².